The normalized spacial score (nSPS) is 22.3. The van der Waals surface area contributed by atoms with Crippen LogP contribution in [0.25, 0.3) is 0 Å². The van der Waals surface area contributed by atoms with Crippen molar-refractivity contribution in [1.29, 1.82) is 0 Å². The number of Topliss-reactive ketones (excluding diaryl/α,β-unsaturated/α-hetero) is 1. The summed E-state index contributed by atoms with van der Waals surface area (Å²) in [5.74, 6) is 0.114. The molecule has 104 valence electrons. The quantitative estimate of drug-likeness (QED) is 0.829. The number of hydrogen-bond acceptors (Lipinski definition) is 2. The molecule has 1 aromatic carbocycles. The van der Waals surface area contributed by atoms with Gasteiger partial charge >= 0.3 is 0 Å². The Morgan fingerprint density at radius 3 is 2.74 bits per heavy atom. The van der Waals surface area contributed by atoms with Crippen LogP contribution in [-0.4, -0.2) is 19.4 Å². The molecule has 2 rings (SSSR count). The van der Waals surface area contributed by atoms with Gasteiger partial charge in [0.05, 0.1) is 5.69 Å². The molecule has 1 atom stereocenters. The zero-order valence-corrected chi connectivity index (χ0v) is 11.9. The van der Waals surface area contributed by atoms with Crippen LogP contribution in [0.2, 0.25) is 0 Å². The van der Waals surface area contributed by atoms with Crippen LogP contribution in [0, 0.1) is 17.2 Å². The van der Waals surface area contributed by atoms with Gasteiger partial charge in [0.1, 0.15) is 11.6 Å². The van der Waals surface area contributed by atoms with E-state index in [1.54, 1.807) is 12.1 Å². The first-order valence-corrected chi connectivity index (χ1v) is 6.92. The molecule has 0 aromatic heterocycles. The monoisotopic (exact) mass is 263 g/mol. The van der Waals surface area contributed by atoms with Crippen molar-refractivity contribution in [2.24, 2.45) is 11.3 Å². The van der Waals surface area contributed by atoms with Gasteiger partial charge in [-0.15, -0.1) is 0 Å². The summed E-state index contributed by atoms with van der Waals surface area (Å²) >= 11 is 0. The third-order valence-corrected chi connectivity index (χ3v) is 4.15. The number of hydrogen-bond donors (Lipinski definition) is 0. The molecule has 1 unspecified atom stereocenters. The number of ketones is 1. The Balaban J connectivity index is 2.09. The first-order valence-electron chi connectivity index (χ1n) is 6.92. The Morgan fingerprint density at radius 2 is 2.05 bits per heavy atom. The molecule has 1 fully saturated rings. The highest BCUT2D eigenvalue weighted by Crippen LogP contribution is 2.36. The number of para-hydroxylation sites is 1. The lowest BCUT2D eigenvalue weighted by Crippen LogP contribution is -2.41. The van der Waals surface area contributed by atoms with Crippen molar-refractivity contribution in [3.63, 3.8) is 0 Å². The van der Waals surface area contributed by atoms with Crippen molar-refractivity contribution in [2.45, 2.75) is 33.1 Å². The van der Waals surface area contributed by atoms with E-state index >= 15 is 0 Å². The minimum Gasteiger partial charge on any atom is -0.372 e. The topological polar surface area (TPSA) is 20.3 Å². The van der Waals surface area contributed by atoms with Crippen LogP contribution in [0.4, 0.5) is 10.1 Å². The van der Waals surface area contributed by atoms with E-state index in [0.29, 0.717) is 18.0 Å². The highest BCUT2D eigenvalue weighted by atomic mass is 19.1. The van der Waals surface area contributed by atoms with Crippen LogP contribution in [0.15, 0.2) is 24.3 Å². The smallest absolute Gasteiger partial charge is 0.146 e. The lowest BCUT2D eigenvalue weighted by Gasteiger charge is -2.35. The third kappa shape index (κ3) is 2.96. The number of carbonyl (C=O) groups is 1. The van der Waals surface area contributed by atoms with Gasteiger partial charge in [-0.05, 0) is 25.0 Å². The zero-order chi connectivity index (χ0) is 14.0. The fourth-order valence-electron chi connectivity index (χ4n) is 2.96. The second kappa shape index (κ2) is 5.32. The predicted octanol–water partition coefficient (Wildman–Crippen LogP) is 3.66. The van der Waals surface area contributed by atoms with E-state index in [4.69, 9.17) is 0 Å². The van der Waals surface area contributed by atoms with Crippen molar-refractivity contribution in [1.82, 2.24) is 0 Å². The average Bonchev–Trinajstić information content (AvgIpc) is 2.35. The van der Waals surface area contributed by atoms with E-state index in [9.17, 15) is 9.18 Å². The van der Waals surface area contributed by atoms with Crippen LogP contribution in [-0.2, 0) is 4.79 Å². The summed E-state index contributed by atoms with van der Waals surface area (Å²) in [5.41, 5.74) is 0.345. The maximum Gasteiger partial charge on any atom is 0.146 e. The van der Waals surface area contributed by atoms with Crippen LogP contribution >= 0.6 is 0 Å². The molecule has 1 aliphatic carbocycles. The van der Waals surface area contributed by atoms with Crippen molar-refractivity contribution in [2.75, 3.05) is 18.5 Å². The van der Waals surface area contributed by atoms with Gasteiger partial charge in [0, 0.05) is 24.9 Å². The fraction of sp³-hybridized carbons (Fsp3) is 0.562. The highest BCUT2D eigenvalue weighted by Gasteiger charge is 2.37. The Bertz CT molecular complexity index is 470. The largest absolute Gasteiger partial charge is 0.372 e. The van der Waals surface area contributed by atoms with Gasteiger partial charge in [-0.2, -0.15) is 0 Å². The second-order valence-electron chi connectivity index (χ2n) is 6.17. The molecule has 1 saturated carbocycles. The molecule has 3 heteroatoms. The lowest BCUT2D eigenvalue weighted by molar-refractivity contribution is -0.133. The molecule has 0 saturated heterocycles. The number of halogens is 1. The van der Waals surface area contributed by atoms with Crippen molar-refractivity contribution < 1.29 is 9.18 Å². The molecular weight excluding hydrogens is 241 g/mol. The van der Waals surface area contributed by atoms with Crippen molar-refractivity contribution in [3.8, 4) is 0 Å². The summed E-state index contributed by atoms with van der Waals surface area (Å²) in [4.78, 5) is 14.2. The summed E-state index contributed by atoms with van der Waals surface area (Å²) in [6.45, 7) is 4.64. The maximum atomic E-state index is 13.7. The first kappa shape index (κ1) is 14.0. The van der Waals surface area contributed by atoms with E-state index in [1.807, 2.05) is 31.9 Å². The lowest BCUT2D eigenvalue weighted by atomic mass is 9.71. The second-order valence-corrected chi connectivity index (χ2v) is 6.17. The Hall–Kier alpha value is -1.38. The average molecular weight is 263 g/mol. The van der Waals surface area contributed by atoms with Gasteiger partial charge in [0.25, 0.3) is 0 Å². The van der Waals surface area contributed by atoms with Crippen LogP contribution in [0.3, 0.4) is 0 Å². The van der Waals surface area contributed by atoms with E-state index in [0.717, 1.165) is 19.3 Å². The summed E-state index contributed by atoms with van der Waals surface area (Å²) in [6, 6.07) is 6.72. The van der Waals surface area contributed by atoms with E-state index < -0.39 is 0 Å². The number of anilines is 1. The number of nitrogens with zero attached hydrogens (tertiary/aromatic N) is 1. The number of benzene rings is 1. The van der Waals surface area contributed by atoms with Gasteiger partial charge in [0.15, 0.2) is 0 Å². The molecule has 19 heavy (non-hydrogen) atoms. The molecule has 1 aliphatic rings. The minimum atomic E-state index is -0.229. The Kier molecular flexibility index (Phi) is 3.93. The standard InChI is InChI=1S/C16H22FNO/c1-16(2)10-6-7-12(15(16)19)11-18(3)14-9-5-4-8-13(14)17/h4-5,8-9,12H,6-7,10-11H2,1-3H3. The van der Waals surface area contributed by atoms with Crippen LogP contribution in [0.1, 0.15) is 33.1 Å². The van der Waals surface area contributed by atoms with Crippen molar-refractivity contribution >= 4 is 11.5 Å². The van der Waals surface area contributed by atoms with Gasteiger partial charge in [-0.3, -0.25) is 4.79 Å². The highest BCUT2D eigenvalue weighted by molar-refractivity contribution is 5.87. The predicted molar refractivity (Wildman–Crippen MR) is 75.8 cm³/mol. The Labute approximate surface area is 114 Å². The first-order chi connectivity index (χ1) is 8.92. The summed E-state index contributed by atoms with van der Waals surface area (Å²) in [6.07, 6.45) is 2.96. The molecule has 1 aromatic rings. The molecule has 0 amide bonds. The summed E-state index contributed by atoms with van der Waals surface area (Å²) < 4.78 is 13.7. The van der Waals surface area contributed by atoms with Gasteiger partial charge in [0.2, 0.25) is 0 Å². The van der Waals surface area contributed by atoms with Gasteiger partial charge in [-0.25, -0.2) is 4.39 Å². The number of rotatable bonds is 3. The molecule has 0 radical (unpaired) electrons. The zero-order valence-electron chi connectivity index (χ0n) is 11.9. The van der Waals surface area contributed by atoms with Crippen LogP contribution < -0.4 is 4.90 Å². The Morgan fingerprint density at radius 1 is 1.37 bits per heavy atom. The minimum absolute atomic E-state index is 0.0216. The molecule has 0 spiro atoms. The third-order valence-electron chi connectivity index (χ3n) is 4.15. The SMILES string of the molecule is CN(CC1CCCC(C)(C)C1=O)c1ccccc1F. The molecule has 0 aliphatic heterocycles. The molecule has 0 N–H and O–H groups in total. The van der Waals surface area contributed by atoms with Gasteiger partial charge < -0.3 is 4.90 Å². The molecule has 0 heterocycles. The van der Waals surface area contributed by atoms with E-state index in [1.165, 1.54) is 6.07 Å². The number of carbonyl (C=O) groups excluding carboxylic acids is 1. The maximum absolute atomic E-state index is 13.7. The van der Waals surface area contributed by atoms with Gasteiger partial charge in [-0.1, -0.05) is 32.4 Å². The molecular formula is C16H22FNO. The summed E-state index contributed by atoms with van der Waals surface area (Å²) in [7, 11) is 1.85. The van der Waals surface area contributed by atoms with E-state index in [2.05, 4.69) is 0 Å². The summed E-state index contributed by atoms with van der Waals surface area (Å²) in [5, 5.41) is 0. The van der Waals surface area contributed by atoms with Crippen LogP contribution in [0.5, 0.6) is 0 Å². The fourth-order valence-corrected chi connectivity index (χ4v) is 2.96. The molecule has 2 nitrogen and oxygen atoms in total. The van der Waals surface area contributed by atoms with E-state index in [-0.39, 0.29) is 17.2 Å². The van der Waals surface area contributed by atoms with Crippen molar-refractivity contribution in [3.05, 3.63) is 30.1 Å². The molecule has 0 bridgehead atoms.